The van der Waals surface area contributed by atoms with Crippen molar-refractivity contribution in [3.05, 3.63) is 0 Å². The second kappa shape index (κ2) is 11.1. The van der Waals surface area contributed by atoms with Crippen LogP contribution in [-0.2, 0) is 19.2 Å². The van der Waals surface area contributed by atoms with E-state index in [2.05, 4.69) is 5.32 Å². The molecule has 0 heterocycles. The van der Waals surface area contributed by atoms with Crippen molar-refractivity contribution in [3.8, 4) is 0 Å². The van der Waals surface area contributed by atoms with Gasteiger partial charge in [-0.2, -0.15) is 0 Å². The van der Waals surface area contributed by atoms with Crippen LogP contribution in [0.25, 0.3) is 0 Å². The Hall–Kier alpha value is -1.52. The monoisotopic (exact) mass is 339 g/mol. The number of hydrogen-bond acceptors (Lipinski definition) is 4. The van der Waals surface area contributed by atoms with Gasteiger partial charge in [-0.25, -0.2) is 0 Å². The predicted molar refractivity (Wildman–Crippen MR) is 94.6 cm³/mol. The number of rotatable bonds is 12. The molecule has 1 amide bonds. The lowest BCUT2D eigenvalue weighted by Crippen LogP contribution is -2.43. The van der Waals surface area contributed by atoms with E-state index in [0.717, 1.165) is 0 Å². The summed E-state index contributed by atoms with van der Waals surface area (Å²) in [4.78, 5) is 47.6. The molecule has 138 valence electrons. The number of nitrogens with one attached hydrogen (secondary N) is 1. The van der Waals surface area contributed by atoms with E-state index in [0.29, 0.717) is 19.3 Å². The topological polar surface area (TPSA) is 80.3 Å². The largest absolute Gasteiger partial charge is 0.346 e. The summed E-state index contributed by atoms with van der Waals surface area (Å²) in [6.07, 6.45) is 1.70. The number of amides is 1. The minimum atomic E-state index is -0.624. The first-order valence-corrected chi connectivity index (χ1v) is 8.94. The highest BCUT2D eigenvalue weighted by molar-refractivity contribution is 5.91. The van der Waals surface area contributed by atoms with Crippen LogP contribution in [0.15, 0.2) is 0 Å². The zero-order valence-corrected chi connectivity index (χ0v) is 16.0. The zero-order chi connectivity index (χ0) is 18.9. The average Bonchev–Trinajstić information content (AvgIpc) is 2.49. The molecular formula is C19H33NO4. The van der Waals surface area contributed by atoms with Crippen LogP contribution in [0.1, 0.15) is 73.6 Å². The van der Waals surface area contributed by atoms with Gasteiger partial charge < -0.3 is 5.32 Å². The SMILES string of the molecule is CC(C)C(=O)CCCC(=O)NC(CCC(=O)C(C)C)C(=O)C(C)C. The van der Waals surface area contributed by atoms with Crippen molar-refractivity contribution in [2.24, 2.45) is 17.8 Å². The molecule has 0 aliphatic carbocycles. The third-order valence-corrected chi connectivity index (χ3v) is 4.04. The Labute approximate surface area is 146 Å². The standard InChI is InChI=1S/C19H33NO4/c1-12(2)16(21)8-7-9-18(23)20-15(19(24)14(5)6)10-11-17(22)13(3)4/h12-15H,7-11H2,1-6H3,(H,20,23). The highest BCUT2D eigenvalue weighted by Gasteiger charge is 2.24. The summed E-state index contributed by atoms with van der Waals surface area (Å²) in [7, 11) is 0. The van der Waals surface area contributed by atoms with Gasteiger partial charge in [-0.05, 0) is 12.8 Å². The van der Waals surface area contributed by atoms with Crippen molar-refractivity contribution in [2.75, 3.05) is 0 Å². The summed E-state index contributed by atoms with van der Waals surface area (Å²) in [6, 6.07) is -0.624. The molecule has 0 aromatic carbocycles. The molecular weight excluding hydrogens is 306 g/mol. The Kier molecular flexibility index (Phi) is 10.4. The van der Waals surface area contributed by atoms with Gasteiger partial charge in [0.25, 0.3) is 0 Å². The van der Waals surface area contributed by atoms with Crippen molar-refractivity contribution in [2.45, 2.75) is 79.7 Å². The normalized spacial score (nSPS) is 12.5. The summed E-state index contributed by atoms with van der Waals surface area (Å²) in [5, 5.41) is 2.74. The van der Waals surface area contributed by atoms with Crippen LogP contribution in [0.2, 0.25) is 0 Å². The molecule has 0 saturated carbocycles. The van der Waals surface area contributed by atoms with Gasteiger partial charge >= 0.3 is 0 Å². The van der Waals surface area contributed by atoms with Crippen LogP contribution >= 0.6 is 0 Å². The second-order valence-corrected chi connectivity index (χ2v) is 7.31. The van der Waals surface area contributed by atoms with Crippen LogP contribution < -0.4 is 5.32 Å². The van der Waals surface area contributed by atoms with E-state index < -0.39 is 6.04 Å². The minimum Gasteiger partial charge on any atom is -0.346 e. The molecule has 0 aliphatic rings. The molecule has 24 heavy (non-hydrogen) atoms. The Morgan fingerprint density at radius 3 is 1.67 bits per heavy atom. The fourth-order valence-electron chi connectivity index (χ4n) is 2.24. The average molecular weight is 339 g/mol. The fourth-order valence-corrected chi connectivity index (χ4v) is 2.24. The highest BCUT2D eigenvalue weighted by Crippen LogP contribution is 2.11. The quantitative estimate of drug-likeness (QED) is 0.592. The Morgan fingerprint density at radius 1 is 0.708 bits per heavy atom. The molecule has 0 saturated heterocycles. The van der Waals surface area contributed by atoms with E-state index in [1.165, 1.54) is 0 Å². The smallest absolute Gasteiger partial charge is 0.220 e. The van der Waals surface area contributed by atoms with Gasteiger partial charge in [0.2, 0.25) is 5.91 Å². The van der Waals surface area contributed by atoms with E-state index in [1.54, 1.807) is 13.8 Å². The van der Waals surface area contributed by atoms with Crippen LogP contribution in [0.5, 0.6) is 0 Å². The molecule has 0 rings (SSSR count). The van der Waals surface area contributed by atoms with E-state index in [-0.39, 0.29) is 53.9 Å². The minimum absolute atomic E-state index is 0.0228. The highest BCUT2D eigenvalue weighted by atomic mass is 16.2. The van der Waals surface area contributed by atoms with E-state index in [4.69, 9.17) is 0 Å². The molecule has 0 fully saturated rings. The summed E-state index contributed by atoms with van der Waals surface area (Å²) in [5.41, 5.74) is 0. The van der Waals surface area contributed by atoms with Crippen LogP contribution in [0, 0.1) is 17.8 Å². The third kappa shape index (κ3) is 8.94. The van der Waals surface area contributed by atoms with Gasteiger partial charge in [0.1, 0.15) is 11.6 Å². The maximum atomic E-state index is 12.3. The van der Waals surface area contributed by atoms with Gasteiger partial charge in [0.05, 0.1) is 6.04 Å². The van der Waals surface area contributed by atoms with Crippen molar-refractivity contribution < 1.29 is 19.2 Å². The Bertz CT molecular complexity index is 452. The molecule has 5 nitrogen and oxygen atoms in total. The molecule has 0 aromatic heterocycles. The van der Waals surface area contributed by atoms with Crippen molar-refractivity contribution in [1.29, 1.82) is 0 Å². The first-order valence-electron chi connectivity index (χ1n) is 8.94. The van der Waals surface area contributed by atoms with E-state index >= 15 is 0 Å². The summed E-state index contributed by atoms with van der Waals surface area (Å²) in [5.74, 6) is -0.357. The maximum absolute atomic E-state index is 12.3. The molecule has 0 spiro atoms. The molecule has 1 unspecified atom stereocenters. The summed E-state index contributed by atoms with van der Waals surface area (Å²) < 4.78 is 0. The lowest BCUT2D eigenvalue weighted by Gasteiger charge is -2.20. The third-order valence-electron chi connectivity index (χ3n) is 4.04. The van der Waals surface area contributed by atoms with Crippen LogP contribution in [-0.4, -0.2) is 29.3 Å². The lowest BCUT2D eigenvalue weighted by atomic mass is 9.94. The van der Waals surface area contributed by atoms with Crippen molar-refractivity contribution in [1.82, 2.24) is 5.32 Å². The molecule has 0 bridgehead atoms. The summed E-state index contributed by atoms with van der Waals surface area (Å²) >= 11 is 0. The Balaban J connectivity index is 4.53. The van der Waals surface area contributed by atoms with Crippen LogP contribution in [0.4, 0.5) is 0 Å². The van der Waals surface area contributed by atoms with Gasteiger partial charge in [-0.3, -0.25) is 19.2 Å². The van der Waals surface area contributed by atoms with Gasteiger partial charge in [0, 0.05) is 37.0 Å². The van der Waals surface area contributed by atoms with Crippen molar-refractivity contribution >= 4 is 23.3 Å². The number of Topliss-reactive ketones (excluding diaryl/α,β-unsaturated/α-hetero) is 3. The fraction of sp³-hybridized carbons (Fsp3) is 0.789. The van der Waals surface area contributed by atoms with Gasteiger partial charge in [0.15, 0.2) is 5.78 Å². The molecule has 1 atom stereocenters. The van der Waals surface area contributed by atoms with Crippen molar-refractivity contribution in [3.63, 3.8) is 0 Å². The Morgan fingerprint density at radius 2 is 1.21 bits per heavy atom. The molecule has 0 aliphatic heterocycles. The molecule has 5 heteroatoms. The molecule has 0 aromatic rings. The zero-order valence-electron chi connectivity index (χ0n) is 16.0. The predicted octanol–water partition coefficient (Wildman–Crippen LogP) is 3.10. The summed E-state index contributed by atoms with van der Waals surface area (Å²) in [6.45, 7) is 10.9. The van der Waals surface area contributed by atoms with Gasteiger partial charge in [-0.1, -0.05) is 41.5 Å². The van der Waals surface area contributed by atoms with E-state index in [9.17, 15) is 19.2 Å². The molecule has 0 radical (unpaired) electrons. The van der Waals surface area contributed by atoms with Crippen LogP contribution in [0.3, 0.4) is 0 Å². The van der Waals surface area contributed by atoms with E-state index in [1.807, 2.05) is 27.7 Å². The number of ketones is 3. The number of hydrogen-bond donors (Lipinski definition) is 1. The maximum Gasteiger partial charge on any atom is 0.220 e. The second-order valence-electron chi connectivity index (χ2n) is 7.31. The van der Waals surface area contributed by atoms with Gasteiger partial charge in [-0.15, -0.1) is 0 Å². The first kappa shape index (κ1) is 22.5. The number of carbonyl (C=O) groups excluding carboxylic acids is 4. The first-order chi connectivity index (χ1) is 11.1. The lowest BCUT2D eigenvalue weighted by molar-refractivity contribution is -0.130. The number of carbonyl (C=O) groups is 4. The molecule has 1 N–H and O–H groups in total.